The molecule has 0 unspecified atom stereocenters. The molecule has 0 spiro atoms. The van der Waals surface area contributed by atoms with Gasteiger partial charge >= 0.3 is 5.97 Å². The van der Waals surface area contributed by atoms with Gasteiger partial charge in [0.1, 0.15) is 0 Å². The Morgan fingerprint density at radius 1 is 0.909 bits per heavy atom. The molecule has 0 aliphatic carbocycles. The average Bonchev–Trinajstić information content (AvgIpc) is 2.56. The van der Waals surface area contributed by atoms with Crippen LogP contribution in [0.4, 0.5) is 5.69 Å². The lowest BCUT2D eigenvalue weighted by Gasteiger charge is -2.21. The molecule has 0 saturated carbocycles. The number of benzene rings is 2. The smallest absolute Gasteiger partial charge is 0.336 e. The summed E-state index contributed by atoms with van der Waals surface area (Å²) >= 11 is 0. The normalized spacial score (nSPS) is 10.3. The van der Waals surface area contributed by atoms with Gasteiger partial charge in [0.05, 0.1) is 5.56 Å². The van der Waals surface area contributed by atoms with Crippen LogP contribution in [-0.4, -0.2) is 29.9 Å². The van der Waals surface area contributed by atoms with Crippen molar-refractivity contribution in [2.75, 3.05) is 18.0 Å². The Morgan fingerprint density at radius 2 is 1.45 bits per heavy atom. The molecule has 0 aromatic heterocycles. The van der Waals surface area contributed by atoms with Crippen LogP contribution in [0.2, 0.25) is 0 Å². The number of carbonyl (C=O) groups excluding carboxylic acids is 1. The molecule has 0 aliphatic rings. The zero-order chi connectivity index (χ0) is 16.1. The number of nitrogens with zero attached hydrogens (tertiary/aromatic N) is 1. The zero-order valence-corrected chi connectivity index (χ0v) is 12.7. The van der Waals surface area contributed by atoms with Crippen LogP contribution in [0, 0.1) is 0 Å². The van der Waals surface area contributed by atoms with Gasteiger partial charge in [-0.15, -0.1) is 0 Å². The third kappa shape index (κ3) is 3.17. The van der Waals surface area contributed by atoms with Gasteiger partial charge in [0.15, 0.2) is 5.78 Å². The maximum Gasteiger partial charge on any atom is 0.336 e. The summed E-state index contributed by atoms with van der Waals surface area (Å²) in [6, 6.07) is 13.5. The fourth-order valence-electron chi connectivity index (χ4n) is 2.44. The molecule has 1 N–H and O–H groups in total. The molecule has 0 fully saturated rings. The Bertz CT molecular complexity index is 673. The Kier molecular flexibility index (Phi) is 4.94. The van der Waals surface area contributed by atoms with Gasteiger partial charge in [0.25, 0.3) is 0 Å². The molecular formula is C18H19NO3. The van der Waals surface area contributed by atoms with Crippen LogP contribution in [0.3, 0.4) is 0 Å². The minimum absolute atomic E-state index is 0.0281. The first-order valence-corrected chi connectivity index (χ1v) is 7.30. The monoisotopic (exact) mass is 297 g/mol. The van der Waals surface area contributed by atoms with Crippen molar-refractivity contribution < 1.29 is 14.7 Å². The quantitative estimate of drug-likeness (QED) is 0.830. The van der Waals surface area contributed by atoms with Crippen LogP contribution >= 0.6 is 0 Å². The van der Waals surface area contributed by atoms with E-state index in [1.807, 2.05) is 12.1 Å². The number of carboxylic acid groups (broad SMARTS) is 1. The van der Waals surface area contributed by atoms with Crippen LogP contribution in [0.25, 0.3) is 0 Å². The second-order valence-electron chi connectivity index (χ2n) is 4.90. The van der Waals surface area contributed by atoms with E-state index >= 15 is 0 Å². The van der Waals surface area contributed by atoms with Gasteiger partial charge in [-0.2, -0.15) is 0 Å². The molecule has 2 aromatic carbocycles. The van der Waals surface area contributed by atoms with E-state index in [0.29, 0.717) is 5.56 Å². The Balaban J connectivity index is 2.33. The van der Waals surface area contributed by atoms with E-state index in [0.717, 1.165) is 18.8 Å². The molecule has 2 rings (SSSR count). The standard InChI is InChI=1S/C18H19NO3/c1-3-19(4-2)14-11-9-13(10-12-14)17(20)15-7-5-6-8-16(15)18(21)22/h5-12H,3-4H2,1-2H3,(H,21,22). The van der Waals surface area contributed by atoms with Crippen molar-refractivity contribution in [1.29, 1.82) is 0 Å². The molecule has 22 heavy (non-hydrogen) atoms. The minimum atomic E-state index is -1.09. The highest BCUT2D eigenvalue weighted by molar-refractivity contribution is 6.14. The molecule has 0 bridgehead atoms. The van der Waals surface area contributed by atoms with Crippen molar-refractivity contribution in [3.05, 3.63) is 65.2 Å². The molecule has 2 aromatic rings. The van der Waals surface area contributed by atoms with Crippen molar-refractivity contribution >= 4 is 17.4 Å². The van der Waals surface area contributed by atoms with Crippen LogP contribution in [0.1, 0.15) is 40.1 Å². The zero-order valence-electron chi connectivity index (χ0n) is 12.7. The lowest BCUT2D eigenvalue weighted by atomic mass is 9.98. The van der Waals surface area contributed by atoms with Crippen molar-refractivity contribution in [1.82, 2.24) is 0 Å². The van der Waals surface area contributed by atoms with Gasteiger partial charge in [0.2, 0.25) is 0 Å². The molecule has 4 heteroatoms. The SMILES string of the molecule is CCN(CC)c1ccc(C(=O)c2ccccc2C(=O)O)cc1. The van der Waals surface area contributed by atoms with E-state index < -0.39 is 5.97 Å². The summed E-state index contributed by atoms with van der Waals surface area (Å²) < 4.78 is 0. The van der Waals surface area contributed by atoms with Crippen molar-refractivity contribution in [3.8, 4) is 0 Å². The number of carboxylic acids is 1. The Labute approximate surface area is 130 Å². The number of carbonyl (C=O) groups is 2. The van der Waals surface area contributed by atoms with E-state index in [1.54, 1.807) is 30.3 Å². The van der Waals surface area contributed by atoms with Crippen LogP contribution < -0.4 is 4.90 Å². The van der Waals surface area contributed by atoms with E-state index in [2.05, 4.69) is 18.7 Å². The largest absolute Gasteiger partial charge is 0.478 e. The summed E-state index contributed by atoms with van der Waals surface area (Å²) in [7, 11) is 0. The molecule has 4 nitrogen and oxygen atoms in total. The van der Waals surface area contributed by atoms with Crippen molar-refractivity contribution in [2.45, 2.75) is 13.8 Å². The second-order valence-corrected chi connectivity index (χ2v) is 4.90. The minimum Gasteiger partial charge on any atom is -0.478 e. The van der Waals surface area contributed by atoms with Crippen molar-refractivity contribution in [2.24, 2.45) is 0 Å². The molecular weight excluding hydrogens is 278 g/mol. The van der Waals surface area contributed by atoms with Crippen LogP contribution in [0.15, 0.2) is 48.5 Å². The summed E-state index contributed by atoms with van der Waals surface area (Å²) in [5.41, 5.74) is 1.78. The number of hydrogen-bond acceptors (Lipinski definition) is 3. The molecule has 0 atom stereocenters. The van der Waals surface area contributed by atoms with E-state index in [9.17, 15) is 14.7 Å². The fourth-order valence-corrected chi connectivity index (χ4v) is 2.44. The van der Waals surface area contributed by atoms with E-state index in [4.69, 9.17) is 0 Å². The first kappa shape index (κ1) is 15.8. The average molecular weight is 297 g/mol. The maximum absolute atomic E-state index is 12.5. The number of anilines is 1. The van der Waals surface area contributed by atoms with E-state index in [-0.39, 0.29) is 16.9 Å². The van der Waals surface area contributed by atoms with Crippen molar-refractivity contribution in [3.63, 3.8) is 0 Å². The third-order valence-electron chi connectivity index (χ3n) is 3.66. The molecule has 0 aliphatic heterocycles. The lowest BCUT2D eigenvalue weighted by Crippen LogP contribution is -2.21. The van der Waals surface area contributed by atoms with Gasteiger partial charge in [-0.3, -0.25) is 4.79 Å². The first-order valence-electron chi connectivity index (χ1n) is 7.30. The topological polar surface area (TPSA) is 57.6 Å². The number of rotatable bonds is 6. The number of aromatic carboxylic acids is 1. The predicted octanol–water partition coefficient (Wildman–Crippen LogP) is 3.46. The van der Waals surface area contributed by atoms with Gasteiger partial charge in [0, 0.05) is 29.9 Å². The highest BCUT2D eigenvalue weighted by Crippen LogP contribution is 2.19. The third-order valence-corrected chi connectivity index (χ3v) is 3.66. The summed E-state index contributed by atoms with van der Waals surface area (Å²) in [6.07, 6.45) is 0. The Hall–Kier alpha value is -2.62. The van der Waals surface area contributed by atoms with Crippen LogP contribution in [-0.2, 0) is 0 Å². The highest BCUT2D eigenvalue weighted by Gasteiger charge is 2.17. The van der Waals surface area contributed by atoms with Gasteiger partial charge in [-0.25, -0.2) is 4.79 Å². The highest BCUT2D eigenvalue weighted by atomic mass is 16.4. The molecule has 114 valence electrons. The summed E-state index contributed by atoms with van der Waals surface area (Å²) in [4.78, 5) is 25.9. The summed E-state index contributed by atoms with van der Waals surface area (Å²) in [5.74, 6) is -1.37. The summed E-state index contributed by atoms with van der Waals surface area (Å²) in [5, 5.41) is 9.18. The lowest BCUT2D eigenvalue weighted by molar-refractivity contribution is 0.0693. The van der Waals surface area contributed by atoms with Crippen LogP contribution in [0.5, 0.6) is 0 Å². The summed E-state index contributed by atoms with van der Waals surface area (Å²) in [6.45, 7) is 5.94. The Morgan fingerprint density at radius 3 is 1.95 bits per heavy atom. The first-order chi connectivity index (χ1) is 10.6. The second kappa shape index (κ2) is 6.89. The van der Waals surface area contributed by atoms with Gasteiger partial charge in [-0.05, 0) is 44.2 Å². The maximum atomic E-state index is 12.5. The number of hydrogen-bond donors (Lipinski definition) is 1. The van der Waals surface area contributed by atoms with E-state index in [1.165, 1.54) is 6.07 Å². The fraction of sp³-hybridized carbons (Fsp3) is 0.222. The molecule has 0 radical (unpaired) electrons. The molecule has 0 saturated heterocycles. The predicted molar refractivity (Wildman–Crippen MR) is 86.8 cm³/mol. The van der Waals surface area contributed by atoms with Gasteiger partial charge in [-0.1, -0.05) is 18.2 Å². The number of ketones is 1. The van der Waals surface area contributed by atoms with Gasteiger partial charge < -0.3 is 10.0 Å². The molecule has 0 heterocycles. The molecule has 0 amide bonds.